The zero-order valence-corrected chi connectivity index (χ0v) is 9.54. The minimum Gasteiger partial charge on any atom is -0.366 e. The van der Waals surface area contributed by atoms with Crippen LogP contribution in [0.4, 0.5) is 14.7 Å². The molecule has 0 saturated heterocycles. The zero-order valence-electron chi connectivity index (χ0n) is 7.96. The second-order valence-corrected chi connectivity index (χ2v) is 4.48. The van der Waals surface area contributed by atoms with Gasteiger partial charge in [-0.15, -0.1) is 5.10 Å². The molecule has 15 heavy (non-hydrogen) atoms. The first-order chi connectivity index (χ1) is 6.99. The Hall–Kier alpha value is -0.720. The van der Waals surface area contributed by atoms with Gasteiger partial charge in [-0.3, -0.25) is 0 Å². The summed E-state index contributed by atoms with van der Waals surface area (Å²) < 4.78 is 28.4. The molecule has 4 nitrogen and oxygen atoms in total. The van der Waals surface area contributed by atoms with Gasteiger partial charge in [0.2, 0.25) is 5.95 Å². The van der Waals surface area contributed by atoms with Gasteiger partial charge in [0, 0.05) is 12.3 Å². The van der Waals surface area contributed by atoms with Gasteiger partial charge in [0.05, 0.1) is 6.54 Å². The Morgan fingerprint density at radius 1 is 1.60 bits per heavy atom. The Bertz CT molecular complexity index is 366. The summed E-state index contributed by atoms with van der Waals surface area (Å²) in [6.45, 7) is 0.164. The number of anilines is 1. The van der Waals surface area contributed by atoms with E-state index in [9.17, 15) is 8.78 Å². The predicted octanol–water partition coefficient (Wildman–Crippen LogP) is 2.06. The Labute approximate surface area is 94.0 Å². The molecule has 1 aliphatic rings. The van der Waals surface area contributed by atoms with E-state index >= 15 is 0 Å². The first-order valence-corrected chi connectivity index (χ1v) is 5.52. The van der Waals surface area contributed by atoms with E-state index in [1.807, 2.05) is 0 Å². The van der Waals surface area contributed by atoms with E-state index in [-0.39, 0.29) is 18.9 Å². The van der Waals surface area contributed by atoms with Crippen molar-refractivity contribution < 1.29 is 8.78 Å². The molecule has 0 amide bonds. The quantitative estimate of drug-likeness (QED) is 0.902. The number of halogens is 3. The topological polar surface area (TPSA) is 56.7 Å². The van der Waals surface area contributed by atoms with Crippen LogP contribution in [0.2, 0.25) is 0 Å². The fourth-order valence-electron chi connectivity index (χ4n) is 1.89. The highest BCUT2D eigenvalue weighted by Crippen LogP contribution is 2.41. The van der Waals surface area contributed by atoms with Crippen molar-refractivity contribution in [2.45, 2.75) is 31.7 Å². The highest BCUT2D eigenvalue weighted by atomic mass is 79.9. The van der Waals surface area contributed by atoms with Crippen molar-refractivity contribution in [2.75, 3.05) is 5.73 Å². The van der Waals surface area contributed by atoms with Crippen molar-refractivity contribution in [2.24, 2.45) is 5.92 Å². The van der Waals surface area contributed by atoms with Gasteiger partial charge in [0.15, 0.2) is 4.73 Å². The first kappa shape index (κ1) is 10.8. The molecular weight excluding hydrogens is 270 g/mol. The molecule has 1 aliphatic carbocycles. The van der Waals surface area contributed by atoms with Crippen molar-refractivity contribution >= 4 is 21.9 Å². The van der Waals surface area contributed by atoms with Crippen LogP contribution >= 0.6 is 15.9 Å². The van der Waals surface area contributed by atoms with Crippen LogP contribution in [0.3, 0.4) is 0 Å². The average molecular weight is 281 g/mol. The molecule has 0 aliphatic heterocycles. The van der Waals surface area contributed by atoms with Gasteiger partial charge >= 0.3 is 0 Å². The zero-order chi connectivity index (χ0) is 11.1. The van der Waals surface area contributed by atoms with Gasteiger partial charge in [0.25, 0.3) is 5.92 Å². The second kappa shape index (κ2) is 3.70. The minimum atomic E-state index is -2.58. The highest BCUT2D eigenvalue weighted by Gasteiger charge is 2.44. The molecule has 0 aromatic carbocycles. The lowest BCUT2D eigenvalue weighted by atomic mass is 10.1. The summed E-state index contributed by atoms with van der Waals surface area (Å²) in [7, 11) is 0. The lowest BCUT2D eigenvalue weighted by molar-refractivity contribution is -0.0435. The summed E-state index contributed by atoms with van der Waals surface area (Å²) >= 11 is 3.13. The van der Waals surface area contributed by atoms with Gasteiger partial charge in [-0.25, -0.2) is 13.5 Å². The van der Waals surface area contributed by atoms with Crippen LogP contribution in [0.1, 0.15) is 19.3 Å². The van der Waals surface area contributed by atoms with Gasteiger partial charge in [-0.2, -0.15) is 4.98 Å². The normalized spacial score (nSPS) is 24.6. The molecule has 1 saturated carbocycles. The Morgan fingerprint density at radius 2 is 2.33 bits per heavy atom. The minimum absolute atomic E-state index is 0.0283. The molecule has 1 unspecified atom stereocenters. The molecule has 0 radical (unpaired) electrons. The van der Waals surface area contributed by atoms with E-state index in [4.69, 9.17) is 5.73 Å². The largest absolute Gasteiger partial charge is 0.366 e. The number of nitrogen functional groups attached to an aromatic ring is 1. The fourth-order valence-corrected chi connectivity index (χ4v) is 2.29. The summed E-state index contributed by atoms with van der Waals surface area (Å²) in [6, 6.07) is 0. The molecule has 1 heterocycles. The molecular formula is C8H11BrF2N4. The lowest BCUT2D eigenvalue weighted by Gasteiger charge is -2.18. The van der Waals surface area contributed by atoms with Crippen LogP contribution in [0, 0.1) is 5.92 Å². The maximum Gasteiger partial charge on any atom is 0.252 e. The predicted molar refractivity (Wildman–Crippen MR) is 54.4 cm³/mol. The third kappa shape index (κ3) is 2.11. The Kier molecular flexibility index (Phi) is 2.66. The molecule has 84 valence electrons. The number of aromatic nitrogens is 3. The third-order valence-electron chi connectivity index (χ3n) is 2.70. The van der Waals surface area contributed by atoms with Gasteiger partial charge in [-0.1, -0.05) is 0 Å². The van der Waals surface area contributed by atoms with E-state index in [2.05, 4.69) is 26.0 Å². The summed E-state index contributed by atoms with van der Waals surface area (Å²) in [5.74, 6) is -3.14. The third-order valence-corrected chi connectivity index (χ3v) is 3.28. The molecule has 2 rings (SSSR count). The number of hydrogen-bond acceptors (Lipinski definition) is 3. The van der Waals surface area contributed by atoms with Gasteiger partial charge < -0.3 is 5.73 Å². The number of nitrogens with zero attached hydrogens (tertiary/aromatic N) is 3. The molecule has 2 N–H and O–H groups in total. The number of alkyl halides is 2. The van der Waals surface area contributed by atoms with Crippen molar-refractivity contribution in [3.05, 3.63) is 4.73 Å². The molecule has 0 spiro atoms. The molecule has 1 fully saturated rings. The van der Waals surface area contributed by atoms with Crippen LogP contribution in [0.25, 0.3) is 0 Å². The van der Waals surface area contributed by atoms with E-state index < -0.39 is 11.8 Å². The summed E-state index contributed by atoms with van der Waals surface area (Å²) in [5.41, 5.74) is 5.36. The molecule has 1 aromatic heterocycles. The second-order valence-electron chi connectivity index (χ2n) is 3.77. The average Bonchev–Trinajstić information content (AvgIpc) is 2.58. The molecule has 7 heteroatoms. The SMILES string of the molecule is Nc1nc(Br)n(CC2CCCC2(F)F)n1. The van der Waals surface area contributed by atoms with Crippen LogP contribution in [0.5, 0.6) is 0 Å². The maximum absolute atomic E-state index is 13.3. The number of nitrogens with two attached hydrogens (primary N) is 1. The summed E-state index contributed by atoms with van der Waals surface area (Å²) in [4.78, 5) is 3.80. The first-order valence-electron chi connectivity index (χ1n) is 4.73. The van der Waals surface area contributed by atoms with Crippen LogP contribution in [0.15, 0.2) is 4.73 Å². The van der Waals surface area contributed by atoms with Crippen molar-refractivity contribution in [1.29, 1.82) is 0 Å². The lowest BCUT2D eigenvalue weighted by Crippen LogP contribution is -2.26. The van der Waals surface area contributed by atoms with Crippen LogP contribution < -0.4 is 5.73 Å². The highest BCUT2D eigenvalue weighted by molar-refractivity contribution is 9.10. The van der Waals surface area contributed by atoms with E-state index in [1.54, 1.807) is 0 Å². The van der Waals surface area contributed by atoms with Crippen molar-refractivity contribution in [3.63, 3.8) is 0 Å². The van der Waals surface area contributed by atoms with Crippen molar-refractivity contribution in [3.8, 4) is 0 Å². The van der Waals surface area contributed by atoms with E-state index in [0.29, 0.717) is 17.6 Å². The molecule has 0 bridgehead atoms. The van der Waals surface area contributed by atoms with E-state index in [0.717, 1.165) is 0 Å². The Morgan fingerprint density at radius 3 is 2.80 bits per heavy atom. The van der Waals surface area contributed by atoms with Gasteiger partial charge in [-0.05, 0) is 28.8 Å². The smallest absolute Gasteiger partial charge is 0.252 e. The monoisotopic (exact) mass is 280 g/mol. The molecule has 1 atom stereocenters. The summed E-state index contributed by atoms with van der Waals surface area (Å²) in [5, 5.41) is 3.84. The number of hydrogen-bond donors (Lipinski definition) is 1. The van der Waals surface area contributed by atoms with Gasteiger partial charge in [0.1, 0.15) is 0 Å². The Balaban J connectivity index is 2.12. The molecule has 1 aromatic rings. The maximum atomic E-state index is 13.3. The van der Waals surface area contributed by atoms with Crippen LogP contribution in [-0.4, -0.2) is 20.7 Å². The standard InChI is InChI=1S/C8H11BrF2N4/c9-6-13-7(12)14-15(6)4-5-2-1-3-8(5,10)11/h5H,1-4H2,(H2,12,14). The van der Waals surface area contributed by atoms with Crippen LogP contribution in [-0.2, 0) is 6.54 Å². The number of rotatable bonds is 2. The fraction of sp³-hybridized carbons (Fsp3) is 0.750. The van der Waals surface area contributed by atoms with E-state index in [1.165, 1.54) is 4.68 Å². The summed E-state index contributed by atoms with van der Waals surface area (Å²) in [6.07, 6.45) is 1.07. The van der Waals surface area contributed by atoms with Crippen molar-refractivity contribution in [1.82, 2.24) is 14.8 Å².